The molecule has 1 aromatic carbocycles. The topological polar surface area (TPSA) is 20.7 Å². The first-order valence-electron chi connectivity index (χ1n) is 6.57. The van der Waals surface area contributed by atoms with E-state index in [1.807, 2.05) is 6.07 Å². The van der Waals surface area contributed by atoms with E-state index in [4.69, 9.17) is 12.2 Å². The van der Waals surface area contributed by atoms with Crippen LogP contribution in [0.2, 0.25) is 0 Å². The molecule has 0 bridgehead atoms. The summed E-state index contributed by atoms with van der Waals surface area (Å²) in [5.41, 5.74) is 2.54. The van der Waals surface area contributed by atoms with Gasteiger partial charge in [0.05, 0.1) is 11.0 Å². The van der Waals surface area contributed by atoms with Crippen molar-refractivity contribution in [3.05, 3.63) is 28.3 Å². The van der Waals surface area contributed by atoms with E-state index in [1.54, 1.807) is 13.0 Å². The van der Waals surface area contributed by atoms with Crippen molar-refractivity contribution in [2.24, 2.45) is 0 Å². The van der Waals surface area contributed by atoms with Gasteiger partial charge in [0.15, 0.2) is 4.77 Å². The third kappa shape index (κ3) is 1.88. The molecule has 0 amide bonds. The maximum absolute atomic E-state index is 13.6. The van der Waals surface area contributed by atoms with Gasteiger partial charge in [-0.25, -0.2) is 4.39 Å². The van der Waals surface area contributed by atoms with Gasteiger partial charge in [-0.15, -0.1) is 0 Å². The molecule has 1 fully saturated rings. The van der Waals surface area contributed by atoms with Gasteiger partial charge in [0, 0.05) is 6.04 Å². The number of H-pyrrole nitrogens is 1. The smallest absolute Gasteiger partial charge is 0.178 e. The molecule has 96 valence electrons. The summed E-state index contributed by atoms with van der Waals surface area (Å²) in [5, 5.41) is 0. The van der Waals surface area contributed by atoms with Crippen molar-refractivity contribution < 1.29 is 4.39 Å². The molecule has 0 radical (unpaired) electrons. The SMILES string of the molecule is Cc1cc2c(cc1F)[nH]c(=S)n2C1CCCCC1. The molecule has 0 aliphatic heterocycles. The monoisotopic (exact) mass is 264 g/mol. The number of hydrogen-bond donors (Lipinski definition) is 1. The van der Waals surface area contributed by atoms with Gasteiger partial charge < -0.3 is 9.55 Å². The van der Waals surface area contributed by atoms with E-state index in [0.717, 1.165) is 15.8 Å². The number of nitrogens with zero attached hydrogens (tertiary/aromatic N) is 1. The average Bonchev–Trinajstić information content (AvgIpc) is 2.66. The van der Waals surface area contributed by atoms with Gasteiger partial charge in [-0.3, -0.25) is 0 Å². The molecule has 2 aromatic rings. The molecular weight excluding hydrogens is 247 g/mol. The number of fused-ring (bicyclic) bond motifs is 1. The van der Waals surface area contributed by atoms with E-state index in [2.05, 4.69) is 9.55 Å². The highest BCUT2D eigenvalue weighted by Gasteiger charge is 2.19. The van der Waals surface area contributed by atoms with Crippen LogP contribution in [0.1, 0.15) is 43.7 Å². The van der Waals surface area contributed by atoms with Gasteiger partial charge >= 0.3 is 0 Å². The summed E-state index contributed by atoms with van der Waals surface area (Å²) in [4.78, 5) is 3.13. The van der Waals surface area contributed by atoms with Crippen molar-refractivity contribution in [2.45, 2.75) is 45.1 Å². The average molecular weight is 264 g/mol. The molecule has 1 aliphatic rings. The molecule has 3 rings (SSSR count). The van der Waals surface area contributed by atoms with Gasteiger partial charge in [-0.2, -0.15) is 0 Å². The molecule has 0 unspecified atom stereocenters. The predicted octanol–water partition coefficient (Wildman–Crippen LogP) is 4.65. The fourth-order valence-electron chi connectivity index (χ4n) is 2.95. The molecule has 1 saturated carbocycles. The number of nitrogens with one attached hydrogen (secondary N) is 1. The van der Waals surface area contributed by atoms with Crippen LogP contribution in [-0.2, 0) is 0 Å². The Kier molecular flexibility index (Phi) is 2.98. The minimum Gasteiger partial charge on any atom is -0.330 e. The predicted molar refractivity (Wildman–Crippen MR) is 73.9 cm³/mol. The highest BCUT2D eigenvalue weighted by atomic mass is 32.1. The van der Waals surface area contributed by atoms with Crippen LogP contribution in [0.15, 0.2) is 12.1 Å². The zero-order chi connectivity index (χ0) is 12.7. The van der Waals surface area contributed by atoms with E-state index in [1.165, 1.54) is 32.1 Å². The number of hydrogen-bond acceptors (Lipinski definition) is 1. The Labute approximate surface area is 111 Å². The van der Waals surface area contributed by atoms with Crippen LogP contribution < -0.4 is 0 Å². The summed E-state index contributed by atoms with van der Waals surface area (Å²) >= 11 is 5.41. The maximum Gasteiger partial charge on any atom is 0.178 e. The zero-order valence-corrected chi connectivity index (χ0v) is 11.3. The highest BCUT2D eigenvalue weighted by Crippen LogP contribution is 2.32. The maximum atomic E-state index is 13.6. The van der Waals surface area contributed by atoms with E-state index < -0.39 is 0 Å². The van der Waals surface area contributed by atoms with Crippen molar-refractivity contribution >= 4 is 23.3 Å². The van der Waals surface area contributed by atoms with Crippen molar-refractivity contribution in [2.75, 3.05) is 0 Å². The first-order chi connectivity index (χ1) is 8.66. The molecule has 0 atom stereocenters. The summed E-state index contributed by atoms with van der Waals surface area (Å²) in [5.74, 6) is -0.172. The molecule has 1 heterocycles. The Balaban J connectivity index is 2.18. The number of halogens is 1. The van der Waals surface area contributed by atoms with Crippen molar-refractivity contribution in [3.63, 3.8) is 0 Å². The summed E-state index contributed by atoms with van der Waals surface area (Å²) in [7, 11) is 0. The third-order valence-electron chi connectivity index (χ3n) is 3.94. The quantitative estimate of drug-likeness (QED) is 0.743. The Bertz CT molecular complexity index is 635. The Morgan fingerprint density at radius 2 is 2.00 bits per heavy atom. The molecule has 18 heavy (non-hydrogen) atoms. The second-order valence-electron chi connectivity index (χ2n) is 5.21. The standard InChI is InChI=1S/C14H17FN2S/c1-9-7-13-12(8-11(9)15)16-14(18)17(13)10-5-3-2-4-6-10/h7-8,10H,2-6H2,1H3,(H,16,18). The normalized spacial score (nSPS) is 17.4. The lowest BCUT2D eigenvalue weighted by Crippen LogP contribution is -2.12. The van der Waals surface area contributed by atoms with Crippen LogP contribution in [-0.4, -0.2) is 9.55 Å². The second kappa shape index (κ2) is 4.50. The zero-order valence-electron chi connectivity index (χ0n) is 10.5. The summed E-state index contributed by atoms with van der Waals surface area (Å²) in [6.45, 7) is 1.80. The highest BCUT2D eigenvalue weighted by molar-refractivity contribution is 7.71. The number of rotatable bonds is 1. The summed E-state index contributed by atoms with van der Waals surface area (Å²) in [6.07, 6.45) is 6.20. The molecule has 1 N–H and O–H groups in total. The molecular formula is C14H17FN2S. The first-order valence-corrected chi connectivity index (χ1v) is 6.98. The largest absolute Gasteiger partial charge is 0.330 e. The van der Waals surface area contributed by atoms with E-state index >= 15 is 0 Å². The van der Waals surface area contributed by atoms with Crippen LogP contribution in [0, 0.1) is 17.5 Å². The van der Waals surface area contributed by atoms with Gasteiger partial charge in [-0.1, -0.05) is 19.3 Å². The number of aryl methyl sites for hydroxylation is 1. The Morgan fingerprint density at radius 3 is 2.72 bits per heavy atom. The number of aromatic nitrogens is 2. The lowest BCUT2D eigenvalue weighted by molar-refractivity contribution is 0.357. The molecule has 0 saturated heterocycles. The van der Waals surface area contributed by atoms with Gasteiger partial charge in [0.2, 0.25) is 0 Å². The number of imidazole rings is 1. The summed E-state index contributed by atoms with van der Waals surface area (Å²) in [6, 6.07) is 3.94. The first kappa shape index (κ1) is 11.9. The Morgan fingerprint density at radius 1 is 1.28 bits per heavy atom. The van der Waals surface area contributed by atoms with Crippen molar-refractivity contribution in [1.82, 2.24) is 9.55 Å². The fourth-order valence-corrected chi connectivity index (χ4v) is 3.31. The summed E-state index contributed by atoms with van der Waals surface area (Å²) < 4.78 is 16.5. The van der Waals surface area contributed by atoms with E-state index in [9.17, 15) is 4.39 Å². The fraction of sp³-hybridized carbons (Fsp3) is 0.500. The van der Waals surface area contributed by atoms with E-state index in [0.29, 0.717) is 11.6 Å². The van der Waals surface area contributed by atoms with Crippen LogP contribution >= 0.6 is 12.2 Å². The van der Waals surface area contributed by atoms with Crippen LogP contribution in [0.4, 0.5) is 4.39 Å². The molecule has 1 aromatic heterocycles. The third-order valence-corrected chi connectivity index (χ3v) is 4.24. The van der Waals surface area contributed by atoms with Crippen molar-refractivity contribution in [3.8, 4) is 0 Å². The van der Waals surface area contributed by atoms with Crippen LogP contribution in [0.3, 0.4) is 0 Å². The second-order valence-corrected chi connectivity index (χ2v) is 5.60. The lowest BCUT2D eigenvalue weighted by Gasteiger charge is -2.23. The van der Waals surface area contributed by atoms with Gasteiger partial charge in [-0.05, 0) is 49.7 Å². The number of benzene rings is 1. The van der Waals surface area contributed by atoms with E-state index in [-0.39, 0.29) is 5.82 Å². The molecule has 2 nitrogen and oxygen atoms in total. The molecule has 0 spiro atoms. The van der Waals surface area contributed by atoms with Gasteiger partial charge in [0.1, 0.15) is 5.82 Å². The molecule has 4 heteroatoms. The molecule has 1 aliphatic carbocycles. The van der Waals surface area contributed by atoms with Crippen molar-refractivity contribution in [1.29, 1.82) is 0 Å². The van der Waals surface area contributed by atoms with Gasteiger partial charge in [0.25, 0.3) is 0 Å². The van der Waals surface area contributed by atoms with Crippen LogP contribution in [0.25, 0.3) is 11.0 Å². The Hall–Kier alpha value is -1.16. The van der Waals surface area contributed by atoms with Crippen LogP contribution in [0.5, 0.6) is 0 Å². The lowest BCUT2D eigenvalue weighted by atomic mass is 9.95. The minimum atomic E-state index is -0.172. The number of aromatic amines is 1. The minimum absolute atomic E-state index is 0.172.